The second-order valence-corrected chi connectivity index (χ2v) is 8.41. The molecule has 0 bridgehead atoms. The largest absolute Gasteiger partial charge is 0.351 e. The molecule has 0 saturated heterocycles. The van der Waals surface area contributed by atoms with Gasteiger partial charge in [-0.3, -0.25) is 0 Å². The molecule has 5 rings (SSSR count). The van der Waals surface area contributed by atoms with Gasteiger partial charge in [-0.15, -0.1) is 49.6 Å². The Morgan fingerprint density at radius 3 is 2.18 bits per heavy atom. The van der Waals surface area contributed by atoms with Crippen LogP contribution >= 0.6 is 49.6 Å². The van der Waals surface area contributed by atoms with E-state index in [9.17, 15) is 0 Å². The van der Waals surface area contributed by atoms with E-state index in [2.05, 4.69) is 20.2 Å². The molecule has 2 aliphatic carbocycles. The normalized spacial score (nSPS) is 20.0. The highest BCUT2D eigenvalue weighted by atomic mass is 35.5. The maximum Gasteiger partial charge on any atom is 0.227 e. The SMILES string of the molecule is Cl.Cl.Cl.Cl.NC1CCC(Nc2nc(Nc3ccccc3)c3ncn(C4CCCC4)c3n2)CC1. The minimum absolute atomic E-state index is 0. The second kappa shape index (κ2) is 13.4. The molecule has 0 unspecified atom stereocenters. The highest BCUT2D eigenvalue weighted by Gasteiger charge is 2.23. The Hall–Kier alpha value is -1.51. The first-order valence-corrected chi connectivity index (χ1v) is 10.8. The van der Waals surface area contributed by atoms with Crippen molar-refractivity contribution in [2.75, 3.05) is 10.6 Å². The number of hydrogen-bond acceptors (Lipinski definition) is 6. The van der Waals surface area contributed by atoms with Gasteiger partial charge in [-0.2, -0.15) is 9.97 Å². The summed E-state index contributed by atoms with van der Waals surface area (Å²) in [4.78, 5) is 14.4. The lowest BCUT2D eigenvalue weighted by molar-refractivity contribution is 0.410. The lowest BCUT2D eigenvalue weighted by atomic mass is 9.92. The summed E-state index contributed by atoms with van der Waals surface area (Å²) >= 11 is 0. The Labute approximate surface area is 219 Å². The Bertz CT molecular complexity index is 972. The van der Waals surface area contributed by atoms with Gasteiger partial charge in [0.15, 0.2) is 17.0 Å². The predicted octanol–water partition coefficient (Wildman–Crippen LogP) is 6.05. The second-order valence-electron chi connectivity index (χ2n) is 8.41. The van der Waals surface area contributed by atoms with Crippen LogP contribution in [0.2, 0.25) is 0 Å². The predicted molar refractivity (Wildman–Crippen MR) is 145 cm³/mol. The van der Waals surface area contributed by atoms with E-state index in [-0.39, 0.29) is 49.6 Å². The van der Waals surface area contributed by atoms with Crippen molar-refractivity contribution in [3.05, 3.63) is 36.7 Å². The van der Waals surface area contributed by atoms with Crippen LogP contribution in [0.3, 0.4) is 0 Å². The monoisotopic (exact) mass is 535 g/mol. The fourth-order valence-corrected chi connectivity index (χ4v) is 4.62. The lowest BCUT2D eigenvalue weighted by Crippen LogP contribution is -2.33. The number of imidazole rings is 1. The zero-order valence-electron chi connectivity index (χ0n) is 18.4. The number of halogens is 4. The number of rotatable bonds is 5. The van der Waals surface area contributed by atoms with Gasteiger partial charge in [0, 0.05) is 23.8 Å². The molecule has 3 aromatic rings. The maximum absolute atomic E-state index is 6.07. The minimum Gasteiger partial charge on any atom is -0.351 e. The van der Waals surface area contributed by atoms with Crippen molar-refractivity contribution in [2.45, 2.75) is 69.5 Å². The fourth-order valence-electron chi connectivity index (χ4n) is 4.62. The summed E-state index contributed by atoms with van der Waals surface area (Å²) in [6.07, 6.45) is 11.1. The van der Waals surface area contributed by atoms with Gasteiger partial charge in [0.1, 0.15) is 0 Å². The highest BCUT2D eigenvalue weighted by molar-refractivity contribution is 5.87. The van der Waals surface area contributed by atoms with Crippen LogP contribution in [-0.2, 0) is 0 Å². The van der Waals surface area contributed by atoms with Crippen molar-refractivity contribution in [3.8, 4) is 0 Å². The van der Waals surface area contributed by atoms with Crippen LogP contribution in [0.25, 0.3) is 11.2 Å². The van der Waals surface area contributed by atoms with E-state index < -0.39 is 0 Å². The number of anilines is 3. The van der Waals surface area contributed by atoms with Crippen LogP contribution in [0.5, 0.6) is 0 Å². The fraction of sp³-hybridized carbons (Fsp3) is 0.500. The summed E-state index contributed by atoms with van der Waals surface area (Å²) in [5.41, 5.74) is 8.82. The van der Waals surface area contributed by atoms with E-state index in [0.29, 0.717) is 24.1 Å². The summed E-state index contributed by atoms with van der Waals surface area (Å²) in [7, 11) is 0. The van der Waals surface area contributed by atoms with Crippen LogP contribution in [0.4, 0.5) is 17.5 Å². The van der Waals surface area contributed by atoms with Crippen LogP contribution in [0, 0.1) is 0 Å². The zero-order chi connectivity index (χ0) is 19.6. The quantitative estimate of drug-likeness (QED) is 0.367. The molecule has 11 heteroatoms. The molecule has 2 aliphatic rings. The molecule has 1 aromatic carbocycles. The molecule has 0 aliphatic heterocycles. The summed E-state index contributed by atoms with van der Waals surface area (Å²) in [6.45, 7) is 0. The number of aromatic nitrogens is 4. The van der Waals surface area contributed by atoms with Crippen molar-refractivity contribution in [3.63, 3.8) is 0 Å². The first-order chi connectivity index (χ1) is 14.3. The smallest absolute Gasteiger partial charge is 0.227 e. The highest BCUT2D eigenvalue weighted by Crippen LogP contribution is 2.34. The molecule has 2 saturated carbocycles. The Kier molecular flexibility index (Phi) is 12.0. The average molecular weight is 537 g/mol. The van der Waals surface area contributed by atoms with Crippen LogP contribution < -0.4 is 16.4 Å². The van der Waals surface area contributed by atoms with E-state index in [0.717, 1.165) is 48.4 Å². The third kappa shape index (κ3) is 6.76. The van der Waals surface area contributed by atoms with Crippen molar-refractivity contribution >= 4 is 78.2 Å². The van der Waals surface area contributed by atoms with Gasteiger partial charge in [-0.1, -0.05) is 31.0 Å². The van der Waals surface area contributed by atoms with Crippen molar-refractivity contribution in [2.24, 2.45) is 5.73 Å². The van der Waals surface area contributed by atoms with Gasteiger partial charge in [0.05, 0.1) is 6.33 Å². The molecule has 4 N–H and O–H groups in total. The van der Waals surface area contributed by atoms with E-state index in [1.165, 1.54) is 25.7 Å². The van der Waals surface area contributed by atoms with E-state index in [1.54, 1.807) is 0 Å². The molecule has 0 radical (unpaired) electrons. The number of benzene rings is 1. The average Bonchev–Trinajstić information content (AvgIpc) is 3.40. The molecular weight excluding hydrogens is 504 g/mol. The van der Waals surface area contributed by atoms with Gasteiger partial charge >= 0.3 is 0 Å². The van der Waals surface area contributed by atoms with Gasteiger partial charge < -0.3 is 20.9 Å². The van der Waals surface area contributed by atoms with Crippen LogP contribution in [0.15, 0.2) is 36.7 Å². The molecular formula is C22H33Cl4N7. The zero-order valence-corrected chi connectivity index (χ0v) is 21.6. The molecule has 2 heterocycles. The van der Waals surface area contributed by atoms with E-state index >= 15 is 0 Å². The van der Waals surface area contributed by atoms with Crippen LogP contribution in [-0.4, -0.2) is 31.6 Å². The summed E-state index contributed by atoms with van der Waals surface area (Å²) < 4.78 is 2.25. The number of para-hydroxylation sites is 1. The maximum atomic E-state index is 6.07. The summed E-state index contributed by atoms with van der Waals surface area (Å²) in [5.74, 6) is 1.43. The summed E-state index contributed by atoms with van der Waals surface area (Å²) in [6, 6.07) is 11.3. The summed E-state index contributed by atoms with van der Waals surface area (Å²) in [5, 5.41) is 7.02. The standard InChI is InChI=1S/C22H29N7.4ClH/c23-15-10-12-17(13-11-15)26-22-27-20(25-16-6-2-1-3-7-16)19-21(28-22)29(14-24-19)18-8-4-5-9-18;;;;/h1-3,6-7,14-15,17-18H,4-5,8-13,23H2,(H2,25,26,27,28);4*1H. The van der Waals surface area contributed by atoms with Gasteiger partial charge in [0.2, 0.25) is 5.95 Å². The molecule has 0 spiro atoms. The molecule has 7 nitrogen and oxygen atoms in total. The van der Waals surface area contributed by atoms with Gasteiger partial charge in [-0.25, -0.2) is 4.98 Å². The van der Waals surface area contributed by atoms with Crippen LogP contribution in [0.1, 0.15) is 57.4 Å². The molecule has 184 valence electrons. The third-order valence-corrected chi connectivity index (χ3v) is 6.28. The minimum atomic E-state index is 0. The van der Waals surface area contributed by atoms with Crippen molar-refractivity contribution < 1.29 is 0 Å². The molecule has 2 fully saturated rings. The van der Waals surface area contributed by atoms with E-state index in [4.69, 9.17) is 15.7 Å². The Morgan fingerprint density at radius 1 is 0.848 bits per heavy atom. The number of nitrogens with zero attached hydrogens (tertiary/aromatic N) is 4. The Morgan fingerprint density at radius 2 is 1.52 bits per heavy atom. The third-order valence-electron chi connectivity index (χ3n) is 6.28. The Balaban J connectivity index is 0.00000136. The van der Waals surface area contributed by atoms with E-state index in [1.807, 2.05) is 36.7 Å². The lowest BCUT2D eigenvalue weighted by Gasteiger charge is -2.27. The first-order valence-electron chi connectivity index (χ1n) is 10.8. The number of fused-ring (bicyclic) bond motifs is 1. The number of nitrogens with two attached hydrogens (primary N) is 1. The molecule has 33 heavy (non-hydrogen) atoms. The van der Waals surface area contributed by atoms with Gasteiger partial charge in [0.25, 0.3) is 0 Å². The molecule has 2 aromatic heterocycles. The van der Waals surface area contributed by atoms with Crippen molar-refractivity contribution in [1.82, 2.24) is 19.5 Å². The number of hydrogen-bond donors (Lipinski definition) is 3. The van der Waals surface area contributed by atoms with Crippen molar-refractivity contribution in [1.29, 1.82) is 0 Å². The first kappa shape index (κ1) is 29.5. The number of nitrogens with one attached hydrogen (secondary N) is 2. The molecule has 0 amide bonds. The molecule has 0 atom stereocenters. The van der Waals surface area contributed by atoms with Gasteiger partial charge in [-0.05, 0) is 50.7 Å². The topological polar surface area (TPSA) is 93.7 Å².